The van der Waals surface area contributed by atoms with Gasteiger partial charge < -0.3 is 20.6 Å². The lowest BCUT2D eigenvalue weighted by molar-refractivity contribution is -0.137. The van der Waals surface area contributed by atoms with Crippen LogP contribution in [0.4, 0.5) is 18.9 Å². The largest absolute Gasteiger partial charge is 0.505 e. The number of alkyl halides is 3. The van der Waals surface area contributed by atoms with Crippen LogP contribution in [0.25, 0.3) is 0 Å². The number of aromatic hydroxyl groups is 1. The average Bonchev–Trinajstić information content (AvgIpc) is 2.75. The van der Waals surface area contributed by atoms with Gasteiger partial charge in [0, 0.05) is 14.1 Å². The molecule has 37 heavy (non-hydrogen) atoms. The van der Waals surface area contributed by atoms with Crippen LogP contribution < -0.4 is 15.8 Å². The Balaban J connectivity index is 2.52. The van der Waals surface area contributed by atoms with Crippen molar-refractivity contribution in [2.45, 2.75) is 33.0 Å². The zero-order valence-corrected chi connectivity index (χ0v) is 21.8. The molecule has 0 bridgehead atoms. The van der Waals surface area contributed by atoms with Crippen LogP contribution in [0.5, 0.6) is 5.75 Å². The number of amidine groups is 1. The Bertz CT molecular complexity index is 1320. The highest BCUT2D eigenvalue weighted by atomic mass is 32.2. The lowest BCUT2D eigenvalue weighted by Gasteiger charge is -2.34. The van der Waals surface area contributed by atoms with Crippen molar-refractivity contribution in [2.75, 3.05) is 19.4 Å². The fourth-order valence-electron chi connectivity index (χ4n) is 3.40. The molecule has 5 N–H and O–H groups in total. The van der Waals surface area contributed by atoms with Crippen LogP contribution in [-0.2, 0) is 16.4 Å². The summed E-state index contributed by atoms with van der Waals surface area (Å²) in [4.78, 5) is 13.6. The van der Waals surface area contributed by atoms with Gasteiger partial charge >= 0.3 is 16.4 Å². The number of benzene rings is 2. The maximum absolute atomic E-state index is 13.3. The molecule has 2 aromatic carbocycles. The topological polar surface area (TPSA) is 137 Å². The van der Waals surface area contributed by atoms with Gasteiger partial charge in [-0.2, -0.15) is 21.6 Å². The van der Waals surface area contributed by atoms with Crippen LogP contribution in [0.3, 0.4) is 0 Å². The summed E-state index contributed by atoms with van der Waals surface area (Å²) in [5.74, 6) is -1.43. The fourth-order valence-corrected chi connectivity index (χ4v) is 3.81. The molecule has 1 atom stereocenters. The van der Waals surface area contributed by atoms with Gasteiger partial charge in [-0.1, -0.05) is 45.5 Å². The predicted octanol–water partition coefficient (Wildman–Crippen LogP) is 4.02. The van der Waals surface area contributed by atoms with Crippen molar-refractivity contribution in [3.8, 4) is 5.75 Å². The van der Waals surface area contributed by atoms with E-state index in [9.17, 15) is 31.5 Å². The normalized spacial score (nSPS) is 13.6. The number of nitrogens with two attached hydrogens (primary N) is 1. The number of anilines is 1. The first-order chi connectivity index (χ1) is 16.8. The van der Waals surface area contributed by atoms with Gasteiger partial charge in [0.1, 0.15) is 0 Å². The first-order valence-electron chi connectivity index (χ1n) is 10.9. The van der Waals surface area contributed by atoms with Crippen LogP contribution >= 0.6 is 0 Å². The number of nitrogens with zero attached hydrogens (tertiary/aromatic N) is 2. The summed E-state index contributed by atoms with van der Waals surface area (Å²) in [6, 6.07) is 8.09. The van der Waals surface area contributed by atoms with Gasteiger partial charge in [0.25, 0.3) is 5.91 Å². The summed E-state index contributed by atoms with van der Waals surface area (Å²) in [6.07, 6.45) is -4.57. The van der Waals surface area contributed by atoms with Crippen LogP contribution in [-0.4, -0.2) is 44.3 Å². The number of carbonyl (C=O) groups excluding carboxylic acids is 1. The molecule has 13 heteroatoms. The van der Waals surface area contributed by atoms with E-state index in [2.05, 4.69) is 21.6 Å². The summed E-state index contributed by atoms with van der Waals surface area (Å²) < 4.78 is 67.1. The van der Waals surface area contributed by atoms with Crippen molar-refractivity contribution in [1.82, 2.24) is 10.2 Å². The summed E-state index contributed by atoms with van der Waals surface area (Å²) in [7, 11) is -1.51. The molecule has 0 aliphatic rings. The third-order valence-electron chi connectivity index (χ3n) is 5.16. The number of hydrogen-bond acceptors (Lipinski definition) is 5. The van der Waals surface area contributed by atoms with E-state index < -0.39 is 50.9 Å². The summed E-state index contributed by atoms with van der Waals surface area (Å²) >= 11 is 0. The van der Waals surface area contributed by atoms with E-state index >= 15 is 0 Å². The molecule has 2 aromatic rings. The quantitative estimate of drug-likeness (QED) is 0.237. The fraction of sp³-hybridized carbons (Fsp3) is 0.333. The first-order valence-corrected chi connectivity index (χ1v) is 12.4. The van der Waals surface area contributed by atoms with Gasteiger partial charge in [0.2, 0.25) is 0 Å². The molecule has 0 saturated carbocycles. The van der Waals surface area contributed by atoms with Crippen LogP contribution in [0, 0.1) is 5.41 Å². The summed E-state index contributed by atoms with van der Waals surface area (Å²) in [5, 5.41) is 21.3. The molecule has 0 spiro atoms. The molecule has 0 fully saturated rings. The summed E-state index contributed by atoms with van der Waals surface area (Å²) in [5.41, 5.74) is -1.56. The number of rotatable bonds is 7. The molecule has 0 radical (unpaired) electrons. The Morgan fingerprint density at radius 2 is 1.73 bits per heavy atom. The third kappa shape index (κ3) is 7.95. The van der Waals surface area contributed by atoms with E-state index in [1.165, 1.54) is 49.3 Å². The van der Waals surface area contributed by atoms with Crippen molar-refractivity contribution >= 4 is 27.6 Å². The minimum atomic E-state index is -4.57. The third-order valence-corrected chi connectivity index (χ3v) is 5.60. The van der Waals surface area contributed by atoms with E-state index in [1.807, 2.05) is 0 Å². The van der Waals surface area contributed by atoms with Crippen molar-refractivity contribution < 1.29 is 31.5 Å². The van der Waals surface area contributed by atoms with Crippen LogP contribution in [0.15, 0.2) is 59.1 Å². The predicted molar refractivity (Wildman–Crippen MR) is 136 cm³/mol. The van der Waals surface area contributed by atoms with Gasteiger partial charge in [-0.3, -0.25) is 4.79 Å². The van der Waals surface area contributed by atoms with Crippen molar-refractivity contribution in [3.63, 3.8) is 0 Å². The van der Waals surface area contributed by atoms with Crippen molar-refractivity contribution in [2.24, 2.45) is 15.0 Å². The number of para-hydroxylation sites is 1. The Labute approximate surface area is 214 Å². The smallest absolute Gasteiger partial charge is 0.416 e. The monoisotopic (exact) mass is 541 g/mol. The SMILES string of the molecule is C=C(NC(c1cccc(C(F)(F)F)c1)C(C)(C)C)/C(=N\S(N)(=O)=O)Nc1cccc(C(=O)N(C)C)c1O. The highest BCUT2D eigenvalue weighted by Gasteiger charge is 2.33. The summed E-state index contributed by atoms with van der Waals surface area (Å²) in [6.45, 7) is 9.10. The second-order valence-electron chi connectivity index (χ2n) is 9.53. The van der Waals surface area contributed by atoms with Gasteiger partial charge in [0.05, 0.1) is 28.6 Å². The number of nitrogens with one attached hydrogen (secondary N) is 2. The first kappa shape index (κ1) is 29.6. The minimum absolute atomic E-state index is 0.0694. The molecule has 202 valence electrons. The Kier molecular flexibility index (Phi) is 8.66. The van der Waals surface area contributed by atoms with E-state index in [0.29, 0.717) is 0 Å². The molecule has 1 unspecified atom stereocenters. The zero-order chi connectivity index (χ0) is 28.3. The number of phenols is 1. The second-order valence-corrected chi connectivity index (χ2v) is 10.7. The lowest BCUT2D eigenvalue weighted by Crippen LogP contribution is -2.36. The van der Waals surface area contributed by atoms with Gasteiger partial charge in [0.15, 0.2) is 11.6 Å². The molecule has 2 rings (SSSR count). The number of amides is 1. The Morgan fingerprint density at radius 3 is 2.24 bits per heavy atom. The van der Waals surface area contributed by atoms with Crippen molar-refractivity contribution in [1.29, 1.82) is 0 Å². The molecule has 0 saturated heterocycles. The minimum Gasteiger partial charge on any atom is -0.505 e. The standard InChI is InChI=1S/C24H30F3N5O4S/c1-14(29-20(23(2,3)4)15-9-7-10-16(13-15)24(25,26)27)21(31-37(28,35)36)30-18-12-8-11-17(19(18)33)22(34)32(5)6/h7-13,20,29,33H,1H2,2-6H3,(H,30,31)(H2,28,35,36). The van der Waals surface area contributed by atoms with E-state index in [4.69, 9.17) is 5.14 Å². The molecule has 1 amide bonds. The van der Waals surface area contributed by atoms with Gasteiger partial charge in [-0.05, 0) is 35.2 Å². The highest BCUT2D eigenvalue weighted by Crippen LogP contribution is 2.37. The van der Waals surface area contributed by atoms with Gasteiger partial charge in [-0.25, -0.2) is 5.14 Å². The maximum atomic E-state index is 13.3. The maximum Gasteiger partial charge on any atom is 0.416 e. The molecule has 0 aromatic heterocycles. The zero-order valence-electron chi connectivity index (χ0n) is 21.0. The molecule has 0 aliphatic heterocycles. The van der Waals surface area contributed by atoms with Gasteiger partial charge in [-0.15, -0.1) is 4.40 Å². The molecular weight excluding hydrogens is 511 g/mol. The van der Waals surface area contributed by atoms with E-state index in [0.717, 1.165) is 12.1 Å². The number of carbonyl (C=O) groups is 1. The van der Waals surface area contributed by atoms with Crippen molar-refractivity contribution in [3.05, 3.63) is 71.4 Å². The molecule has 0 heterocycles. The Hall–Kier alpha value is -3.58. The molecule has 9 nitrogen and oxygen atoms in total. The Morgan fingerprint density at radius 1 is 1.14 bits per heavy atom. The lowest BCUT2D eigenvalue weighted by atomic mass is 9.81. The average molecular weight is 542 g/mol. The number of hydrogen-bond donors (Lipinski definition) is 4. The number of phenolic OH excluding ortho intramolecular Hbond substituents is 1. The number of halogens is 3. The van der Waals surface area contributed by atoms with E-state index in [1.54, 1.807) is 20.8 Å². The second kappa shape index (κ2) is 10.8. The highest BCUT2D eigenvalue weighted by molar-refractivity contribution is 7.88. The molecular formula is C24H30F3N5O4S. The van der Waals surface area contributed by atoms with Crippen LogP contribution in [0.2, 0.25) is 0 Å². The molecule has 0 aliphatic carbocycles. The van der Waals surface area contributed by atoms with E-state index in [-0.39, 0.29) is 22.5 Å². The van der Waals surface area contributed by atoms with Crippen LogP contribution in [0.1, 0.15) is 48.3 Å².